The second kappa shape index (κ2) is 10.8. The van der Waals surface area contributed by atoms with Crippen LogP contribution >= 0.6 is 0 Å². The highest BCUT2D eigenvalue weighted by Gasteiger charge is 2.02. The van der Waals surface area contributed by atoms with E-state index in [1.807, 2.05) is 91.0 Å². The quantitative estimate of drug-likeness (QED) is 0.211. The van der Waals surface area contributed by atoms with Gasteiger partial charge in [-0.3, -0.25) is 5.43 Å². The standard InChI is InChI=1S/C19H16N4.C3H4N2/c1-4-10-16(11-5-1)19(22-20-17-12-6-2-7-13-17)23-21-18-14-8-3-9-15-18;1-2-5-3-4-1/h1-15,20H;1-3H,(H,4,5). The molecular formula is C22H20N6. The van der Waals surface area contributed by atoms with Gasteiger partial charge in [0.25, 0.3) is 0 Å². The van der Waals surface area contributed by atoms with Gasteiger partial charge in [-0.25, -0.2) is 4.98 Å². The van der Waals surface area contributed by atoms with Gasteiger partial charge in [-0.05, 0) is 24.3 Å². The first-order chi connectivity index (χ1) is 13.9. The highest BCUT2D eigenvalue weighted by molar-refractivity contribution is 5.99. The highest BCUT2D eigenvalue weighted by Crippen LogP contribution is 2.13. The van der Waals surface area contributed by atoms with Crippen molar-refractivity contribution in [2.45, 2.75) is 0 Å². The van der Waals surface area contributed by atoms with Crippen molar-refractivity contribution in [1.82, 2.24) is 9.97 Å². The lowest BCUT2D eigenvalue weighted by Crippen LogP contribution is -2.00. The number of rotatable bonds is 4. The number of amidine groups is 1. The summed E-state index contributed by atoms with van der Waals surface area (Å²) in [4.78, 5) is 6.42. The van der Waals surface area contributed by atoms with Crippen LogP contribution in [0.25, 0.3) is 0 Å². The Morgan fingerprint density at radius 2 is 1.43 bits per heavy atom. The third kappa shape index (κ3) is 6.34. The van der Waals surface area contributed by atoms with Crippen molar-refractivity contribution >= 4 is 17.2 Å². The Kier molecular flexibility index (Phi) is 7.24. The fourth-order valence-corrected chi connectivity index (χ4v) is 2.18. The Bertz CT molecular complexity index is 948. The fraction of sp³-hybridized carbons (Fsp3) is 0. The number of nitrogens with one attached hydrogen (secondary N) is 2. The zero-order valence-electron chi connectivity index (χ0n) is 15.2. The molecule has 138 valence electrons. The van der Waals surface area contributed by atoms with Crippen LogP contribution in [-0.2, 0) is 0 Å². The number of aromatic nitrogens is 2. The molecule has 0 bridgehead atoms. The van der Waals surface area contributed by atoms with Gasteiger partial charge >= 0.3 is 0 Å². The lowest BCUT2D eigenvalue weighted by atomic mass is 10.2. The predicted octanol–water partition coefficient (Wildman–Crippen LogP) is 5.65. The second-order valence-electron chi connectivity index (χ2n) is 5.58. The van der Waals surface area contributed by atoms with Crippen molar-refractivity contribution < 1.29 is 0 Å². The summed E-state index contributed by atoms with van der Waals surface area (Å²) in [6.45, 7) is 0. The van der Waals surface area contributed by atoms with Gasteiger partial charge in [-0.15, -0.1) is 10.2 Å². The smallest absolute Gasteiger partial charge is 0.201 e. The predicted molar refractivity (Wildman–Crippen MR) is 113 cm³/mol. The number of imidazole rings is 1. The maximum Gasteiger partial charge on any atom is 0.201 e. The van der Waals surface area contributed by atoms with E-state index in [0.29, 0.717) is 5.84 Å². The monoisotopic (exact) mass is 368 g/mol. The minimum Gasteiger partial charge on any atom is -0.351 e. The molecule has 0 atom stereocenters. The van der Waals surface area contributed by atoms with E-state index >= 15 is 0 Å². The molecule has 4 aromatic rings. The molecule has 0 aliphatic heterocycles. The average Bonchev–Trinajstić information content (AvgIpc) is 3.36. The van der Waals surface area contributed by atoms with E-state index in [1.54, 1.807) is 18.7 Å². The summed E-state index contributed by atoms with van der Waals surface area (Å²) in [5.41, 5.74) is 5.60. The average molecular weight is 368 g/mol. The molecule has 6 nitrogen and oxygen atoms in total. The van der Waals surface area contributed by atoms with Crippen LogP contribution in [0.2, 0.25) is 0 Å². The minimum absolute atomic E-state index is 0.526. The largest absolute Gasteiger partial charge is 0.351 e. The van der Waals surface area contributed by atoms with E-state index in [4.69, 9.17) is 0 Å². The summed E-state index contributed by atoms with van der Waals surface area (Å²) < 4.78 is 0. The van der Waals surface area contributed by atoms with Crippen LogP contribution in [0.15, 0.2) is 125 Å². The molecule has 0 unspecified atom stereocenters. The Morgan fingerprint density at radius 3 is 2.00 bits per heavy atom. The summed E-state index contributed by atoms with van der Waals surface area (Å²) in [5.74, 6) is 0.526. The molecule has 0 radical (unpaired) electrons. The molecule has 3 aromatic carbocycles. The number of nitrogens with zero attached hydrogens (tertiary/aromatic N) is 4. The number of benzene rings is 3. The van der Waals surface area contributed by atoms with Crippen LogP contribution in [0.5, 0.6) is 0 Å². The van der Waals surface area contributed by atoms with Gasteiger partial charge in [0.15, 0.2) is 0 Å². The van der Waals surface area contributed by atoms with Crippen LogP contribution in [0.1, 0.15) is 5.56 Å². The zero-order valence-corrected chi connectivity index (χ0v) is 15.2. The number of H-pyrrole nitrogens is 1. The van der Waals surface area contributed by atoms with Gasteiger partial charge < -0.3 is 4.98 Å². The van der Waals surface area contributed by atoms with Gasteiger partial charge in [0, 0.05) is 18.0 Å². The maximum atomic E-state index is 4.39. The number of azo groups is 1. The SMILES string of the molecule is c1c[nH]cn1.c1ccc(N=NC(=NNc2ccccc2)c2ccccc2)cc1. The van der Waals surface area contributed by atoms with Crippen LogP contribution in [0.3, 0.4) is 0 Å². The van der Waals surface area contributed by atoms with Crippen molar-refractivity contribution in [2.24, 2.45) is 15.3 Å². The van der Waals surface area contributed by atoms with E-state index in [1.165, 1.54) is 0 Å². The summed E-state index contributed by atoms with van der Waals surface area (Å²) in [5, 5.41) is 12.9. The fourth-order valence-electron chi connectivity index (χ4n) is 2.18. The summed E-state index contributed by atoms with van der Waals surface area (Å²) in [7, 11) is 0. The molecule has 0 aliphatic carbocycles. The summed E-state index contributed by atoms with van der Waals surface area (Å²) in [6.07, 6.45) is 5.08. The van der Waals surface area contributed by atoms with Crippen molar-refractivity contribution in [3.63, 3.8) is 0 Å². The third-order valence-corrected chi connectivity index (χ3v) is 3.52. The molecule has 2 N–H and O–H groups in total. The van der Waals surface area contributed by atoms with Crippen molar-refractivity contribution in [3.05, 3.63) is 115 Å². The number of hydrogen-bond donors (Lipinski definition) is 2. The lowest BCUT2D eigenvalue weighted by molar-refractivity contribution is 1.22. The van der Waals surface area contributed by atoms with E-state index in [0.717, 1.165) is 16.9 Å². The number of anilines is 1. The van der Waals surface area contributed by atoms with Crippen LogP contribution in [0, 0.1) is 0 Å². The lowest BCUT2D eigenvalue weighted by Gasteiger charge is -2.03. The number of aromatic amines is 1. The summed E-state index contributed by atoms with van der Waals surface area (Å²) in [6, 6.07) is 29.1. The van der Waals surface area contributed by atoms with Crippen molar-refractivity contribution in [3.8, 4) is 0 Å². The highest BCUT2D eigenvalue weighted by atomic mass is 15.3. The molecule has 0 aliphatic rings. The molecule has 6 heteroatoms. The van der Waals surface area contributed by atoms with E-state index in [9.17, 15) is 0 Å². The van der Waals surface area contributed by atoms with E-state index in [-0.39, 0.29) is 0 Å². The Labute approximate surface area is 163 Å². The first kappa shape index (κ1) is 18.7. The first-order valence-electron chi connectivity index (χ1n) is 8.75. The van der Waals surface area contributed by atoms with Crippen LogP contribution < -0.4 is 5.43 Å². The maximum absolute atomic E-state index is 4.39. The molecule has 0 saturated heterocycles. The molecule has 0 spiro atoms. The third-order valence-electron chi connectivity index (χ3n) is 3.52. The van der Waals surface area contributed by atoms with Crippen LogP contribution in [-0.4, -0.2) is 15.8 Å². The van der Waals surface area contributed by atoms with Crippen molar-refractivity contribution in [2.75, 3.05) is 5.43 Å². The molecule has 4 rings (SSSR count). The minimum atomic E-state index is 0.526. The number of hydrogen-bond acceptors (Lipinski definition) is 4. The van der Waals surface area contributed by atoms with Gasteiger partial charge in [-0.1, -0.05) is 66.7 Å². The zero-order chi connectivity index (χ0) is 19.3. The molecule has 0 fully saturated rings. The second-order valence-corrected chi connectivity index (χ2v) is 5.58. The van der Waals surface area contributed by atoms with Crippen LogP contribution in [0.4, 0.5) is 11.4 Å². The molecular weight excluding hydrogens is 348 g/mol. The van der Waals surface area contributed by atoms with Gasteiger partial charge in [0.05, 0.1) is 17.7 Å². The number of para-hydroxylation sites is 1. The summed E-state index contributed by atoms with van der Waals surface area (Å²) >= 11 is 0. The normalized spacial score (nSPS) is 10.9. The van der Waals surface area contributed by atoms with Crippen molar-refractivity contribution in [1.29, 1.82) is 0 Å². The Morgan fingerprint density at radius 1 is 0.786 bits per heavy atom. The topological polar surface area (TPSA) is 77.8 Å². The van der Waals surface area contributed by atoms with E-state index < -0.39 is 0 Å². The molecule has 1 aromatic heterocycles. The van der Waals surface area contributed by atoms with Gasteiger partial charge in [0.2, 0.25) is 5.84 Å². The Balaban J connectivity index is 0.000000391. The molecule has 0 amide bonds. The van der Waals surface area contributed by atoms with Gasteiger partial charge in [0.1, 0.15) is 0 Å². The van der Waals surface area contributed by atoms with Gasteiger partial charge in [-0.2, -0.15) is 5.10 Å². The van der Waals surface area contributed by atoms with E-state index in [2.05, 4.69) is 30.7 Å². The Hall–Kier alpha value is -4.06. The number of hydrazone groups is 1. The molecule has 1 heterocycles. The molecule has 0 saturated carbocycles. The molecule has 28 heavy (non-hydrogen) atoms. The first-order valence-corrected chi connectivity index (χ1v) is 8.75.